The molecular weight excluding hydrogens is 179 g/mol. The van der Waals surface area contributed by atoms with Crippen LogP contribution >= 0.6 is 0 Å². The first-order chi connectivity index (χ1) is 5.81. The highest BCUT2D eigenvalue weighted by molar-refractivity contribution is 5.01. The Bertz CT molecular complexity index is 174. The van der Waals surface area contributed by atoms with E-state index in [0.717, 1.165) is 6.42 Å². The predicted molar refractivity (Wildman–Crippen MR) is 45.5 cm³/mol. The summed E-state index contributed by atoms with van der Waals surface area (Å²) in [7, 11) is 0. The van der Waals surface area contributed by atoms with E-state index in [2.05, 4.69) is 19.2 Å². The zero-order chi connectivity index (χ0) is 10.1. The van der Waals surface area contributed by atoms with Crippen LogP contribution in [0, 0.1) is 5.41 Å². The summed E-state index contributed by atoms with van der Waals surface area (Å²) in [6.45, 7) is 4.72. The van der Waals surface area contributed by atoms with Crippen LogP contribution in [-0.4, -0.2) is 18.8 Å². The Morgan fingerprint density at radius 1 is 1.38 bits per heavy atom. The van der Waals surface area contributed by atoms with Crippen LogP contribution in [0.25, 0.3) is 0 Å². The maximum atomic E-state index is 11.7. The Labute approximate surface area is 76.7 Å². The molecule has 13 heavy (non-hydrogen) atoms. The highest BCUT2D eigenvalue weighted by Gasteiger charge is 2.44. The van der Waals surface area contributed by atoms with Gasteiger partial charge in [0.25, 0.3) is 0 Å². The Kier molecular flexibility index (Phi) is 2.90. The summed E-state index contributed by atoms with van der Waals surface area (Å²) < 4.78 is 35.2. The molecule has 1 atom stereocenters. The summed E-state index contributed by atoms with van der Waals surface area (Å²) >= 11 is 0. The topological polar surface area (TPSA) is 12.0 Å². The van der Waals surface area contributed by atoms with Crippen LogP contribution in [0.2, 0.25) is 0 Å². The highest BCUT2D eigenvalue weighted by atomic mass is 19.4. The van der Waals surface area contributed by atoms with Crippen molar-refractivity contribution in [1.82, 2.24) is 5.32 Å². The normalized spacial score (nSPS) is 26.1. The van der Waals surface area contributed by atoms with E-state index in [-0.39, 0.29) is 6.42 Å². The molecule has 1 fully saturated rings. The van der Waals surface area contributed by atoms with Crippen molar-refractivity contribution in [2.75, 3.05) is 6.54 Å². The fraction of sp³-hybridized carbons (Fsp3) is 1.00. The summed E-state index contributed by atoms with van der Waals surface area (Å²) in [6.07, 6.45) is -3.40. The van der Waals surface area contributed by atoms with Crippen molar-refractivity contribution in [1.29, 1.82) is 0 Å². The fourth-order valence-electron chi connectivity index (χ4n) is 1.38. The minimum atomic E-state index is -4.00. The minimum absolute atomic E-state index is 0.191. The first kappa shape index (κ1) is 10.8. The van der Waals surface area contributed by atoms with Crippen LogP contribution in [0.4, 0.5) is 13.2 Å². The maximum absolute atomic E-state index is 11.7. The molecule has 1 saturated carbocycles. The van der Waals surface area contributed by atoms with Crippen LogP contribution in [0.1, 0.15) is 33.1 Å². The van der Waals surface area contributed by atoms with Gasteiger partial charge in [-0.05, 0) is 24.8 Å². The third-order valence-electron chi connectivity index (χ3n) is 2.54. The quantitative estimate of drug-likeness (QED) is 0.680. The van der Waals surface area contributed by atoms with Crippen molar-refractivity contribution in [3.8, 4) is 0 Å². The molecule has 1 N–H and O–H groups in total. The SMILES string of the molecule is CC1(C)CC1NCCCC(F)(F)F. The molecule has 0 bridgehead atoms. The summed E-state index contributed by atoms with van der Waals surface area (Å²) in [4.78, 5) is 0. The smallest absolute Gasteiger partial charge is 0.313 e. The lowest BCUT2D eigenvalue weighted by Gasteiger charge is -2.08. The standard InChI is InChI=1S/C9H16F3N/c1-8(2)6-7(8)13-5-3-4-9(10,11)12/h7,13H,3-6H2,1-2H3. The average Bonchev–Trinajstić information content (AvgIpc) is 2.50. The molecule has 1 rings (SSSR count). The molecule has 1 aliphatic rings. The van der Waals surface area contributed by atoms with E-state index in [0.29, 0.717) is 18.0 Å². The maximum Gasteiger partial charge on any atom is 0.389 e. The largest absolute Gasteiger partial charge is 0.389 e. The molecule has 1 nitrogen and oxygen atoms in total. The minimum Gasteiger partial charge on any atom is -0.313 e. The van der Waals surface area contributed by atoms with E-state index in [4.69, 9.17) is 0 Å². The number of nitrogens with one attached hydrogen (secondary N) is 1. The lowest BCUT2D eigenvalue weighted by Crippen LogP contribution is -2.23. The van der Waals surface area contributed by atoms with Crippen molar-refractivity contribution in [3.63, 3.8) is 0 Å². The van der Waals surface area contributed by atoms with Crippen molar-refractivity contribution < 1.29 is 13.2 Å². The Morgan fingerprint density at radius 3 is 2.31 bits per heavy atom. The van der Waals surface area contributed by atoms with Crippen molar-refractivity contribution in [2.24, 2.45) is 5.41 Å². The number of alkyl halides is 3. The molecule has 0 heterocycles. The molecule has 0 aliphatic heterocycles. The van der Waals surface area contributed by atoms with Gasteiger partial charge >= 0.3 is 6.18 Å². The van der Waals surface area contributed by atoms with Crippen LogP contribution in [-0.2, 0) is 0 Å². The molecule has 0 saturated heterocycles. The van der Waals surface area contributed by atoms with Gasteiger partial charge in [-0.25, -0.2) is 0 Å². The van der Waals surface area contributed by atoms with E-state index >= 15 is 0 Å². The zero-order valence-electron chi connectivity index (χ0n) is 8.04. The van der Waals surface area contributed by atoms with E-state index in [1.807, 2.05) is 0 Å². The van der Waals surface area contributed by atoms with E-state index in [1.54, 1.807) is 0 Å². The summed E-state index contributed by atoms with van der Waals surface area (Å²) in [5.74, 6) is 0. The van der Waals surface area contributed by atoms with Gasteiger partial charge in [0.05, 0.1) is 0 Å². The van der Waals surface area contributed by atoms with E-state index in [9.17, 15) is 13.2 Å². The van der Waals surface area contributed by atoms with Crippen LogP contribution < -0.4 is 5.32 Å². The molecule has 0 aromatic heterocycles. The van der Waals surface area contributed by atoms with E-state index < -0.39 is 12.6 Å². The Morgan fingerprint density at radius 2 is 1.92 bits per heavy atom. The third-order valence-corrected chi connectivity index (χ3v) is 2.54. The van der Waals surface area contributed by atoms with Crippen LogP contribution in [0.5, 0.6) is 0 Å². The van der Waals surface area contributed by atoms with Gasteiger partial charge in [0.15, 0.2) is 0 Å². The molecule has 1 unspecified atom stereocenters. The molecule has 0 radical (unpaired) electrons. The lowest BCUT2D eigenvalue weighted by atomic mass is 10.2. The lowest BCUT2D eigenvalue weighted by molar-refractivity contribution is -0.135. The second-order valence-electron chi connectivity index (χ2n) is 4.42. The number of rotatable bonds is 4. The summed E-state index contributed by atoms with van der Waals surface area (Å²) in [5.41, 5.74) is 0.304. The molecular formula is C9H16F3N. The van der Waals surface area contributed by atoms with Crippen molar-refractivity contribution in [2.45, 2.75) is 45.3 Å². The zero-order valence-corrected chi connectivity index (χ0v) is 8.04. The first-order valence-corrected chi connectivity index (χ1v) is 4.61. The van der Waals surface area contributed by atoms with Gasteiger partial charge in [-0.3, -0.25) is 0 Å². The van der Waals surface area contributed by atoms with Gasteiger partial charge in [-0.2, -0.15) is 13.2 Å². The Hall–Kier alpha value is -0.250. The average molecular weight is 195 g/mol. The second kappa shape index (κ2) is 3.48. The van der Waals surface area contributed by atoms with Gasteiger partial charge in [-0.1, -0.05) is 13.8 Å². The summed E-state index contributed by atoms with van der Waals surface area (Å²) in [6, 6.07) is 0.431. The molecule has 1 aliphatic carbocycles. The van der Waals surface area contributed by atoms with Crippen LogP contribution in [0.15, 0.2) is 0 Å². The Balaban J connectivity index is 1.97. The molecule has 78 valence electrons. The van der Waals surface area contributed by atoms with Gasteiger partial charge < -0.3 is 5.32 Å². The highest BCUT2D eigenvalue weighted by Crippen LogP contribution is 2.44. The monoisotopic (exact) mass is 195 g/mol. The number of hydrogen-bond donors (Lipinski definition) is 1. The second-order valence-corrected chi connectivity index (χ2v) is 4.42. The summed E-state index contributed by atoms with van der Waals surface area (Å²) in [5, 5.41) is 3.12. The fourth-order valence-corrected chi connectivity index (χ4v) is 1.38. The van der Waals surface area contributed by atoms with Crippen molar-refractivity contribution >= 4 is 0 Å². The predicted octanol–water partition coefficient (Wildman–Crippen LogP) is 2.72. The first-order valence-electron chi connectivity index (χ1n) is 4.61. The number of hydrogen-bond acceptors (Lipinski definition) is 1. The third kappa shape index (κ3) is 3.98. The van der Waals surface area contributed by atoms with E-state index in [1.165, 1.54) is 0 Å². The molecule has 0 spiro atoms. The molecule has 0 aromatic carbocycles. The van der Waals surface area contributed by atoms with Crippen molar-refractivity contribution in [3.05, 3.63) is 0 Å². The number of halogens is 3. The van der Waals surface area contributed by atoms with Gasteiger partial charge in [0.1, 0.15) is 0 Å². The molecule has 4 heteroatoms. The van der Waals surface area contributed by atoms with Gasteiger partial charge in [0, 0.05) is 12.5 Å². The van der Waals surface area contributed by atoms with Crippen LogP contribution in [0.3, 0.4) is 0 Å². The molecule has 0 aromatic rings. The molecule has 0 amide bonds. The van der Waals surface area contributed by atoms with Gasteiger partial charge in [0.2, 0.25) is 0 Å². The van der Waals surface area contributed by atoms with Gasteiger partial charge in [-0.15, -0.1) is 0 Å².